The Bertz CT molecular complexity index is 523. The summed E-state index contributed by atoms with van der Waals surface area (Å²) in [6.07, 6.45) is 4.24. The van der Waals surface area contributed by atoms with Crippen LogP contribution in [0.3, 0.4) is 0 Å². The maximum absolute atomic E-state index is 12.8. The molecule has 0 spiro atoms. The Hall–Kier alpha value is -1.54. The van der Waals surface area contributed by atoms with Gasteiger partial charge in [0.1, 0.15) is 5.82 Å². The number of likely N-dealkylation sites (tertiary alicyclic amines) is 1. The maximum atomic E-state index is 12.8. The van der Waals surface area contributed by atoms with Crippen LogP contribution in [0, 0.1) is 5.92 Å². The maximum Gasteiger partial charge on any atom is 0.319 e. The molecule has 0 bridgehead atoms. The first-order valence-electron chi connectivity index (χ1n) is 8.04. The normalized spacial score (nSPS) is 21.1. The van der Waals surface area contributed by atoms with E-state index in [1.165, 1.54) is 12.4 Å². The van der Waals surface area contributed by atoms with Crippen molar-refractivity contribution in [2.75, 3.05) is 39.4 Å². The van der Waals surface area contributed by atoms with E-state index in [0.29, 0.717) is 38.7 Å². The van der Waals surface area contributed by atoms with Crippen molar-refractivity contribution in [3.63, 3.8) is 0 Å². The Labute approximate surface area is 134 Å². The van der Waals surface area contributed by atoms with Crippen molar-refractivity contribution in [2.24, 2.45) is 5.92 Å². The lowest BCUT2D eigenvalue weighted by Crippen LogP contribution is -2.46. The summed E-state index contributed by atoms with van der Waals surface area (Å²) in [5, 5.41) is 0. The highest BCUT2D eigenvalue weighted by atomic mass is 19.3. The molecule has 2 fully saturated rings. The van der Waals surface area contributed by atoms with Crippen molar-refractivity contribution in [1.29, 1.82) is 0 Å². The number of hydrogen-bond acceptors (Lipinski definition) is 4. The highest BCUT2D eigenvalue weighted by molar-refractivity contribution is 5.79. The van der Waals surface area contributed by atoms with Crippen LogP contribution in [0.1, 0.15) is 25.2 Å². The number of carbonyl (C=O) groups excluding carboxylic acids is 1. The lowest BCUT2D eigenvalue weighted by Gasteiger charge is -2.35. The molecule has 3 rings (SSSR count). The van der Waals surface area contributed by atoms with Gasteiger partial charge in [0.25, 0.3) is 0 Å². The number of aromatic nitrogens is 2. The topological polar surface area (TPSA) is 50.6 Å². The van der Waals surface area contributed by atoms with Gasteiger partial charge in [-0.2, -0.15) is 8.78 Å². The zero-order chi connectivity index (χ0) is 16.2. The quantitative estimate of drug-likeness (QED) is 0.837. The lowest BCUT2D eigenvalue weighted by atomic mass is 9.95. The van der Waals surface area contributed by atoms with Crippen LogP contribution in [-0.2, 0) is 16.1 Å². The SMILES string of the molecule is O=C(C1CCN(Cc2nccn2C(F)F)CC1)N1CCOCC1. The minimum atomic E-state index is -2.56. The van der Waals surface area contributed by atoms with Crippen LogP contribution in [0.4, 0.5) is 8.78 Å². The highest BCUT2D eigenvalue weighted by Gasteiger charge is 2.29. The number of nitrogens with zero attached hydrogens (tertiary/aromatic N) is 4. The van der Waals surface area contributed by atoms with E-state index in [2.05, 4.69) is 9.88 Å². The molecule has 0 aliphatic carbocycles. The minimum Gasteiger partial charge on any atom is -0.378 e. The molecule has 6 nitrogen and oxygen atoms in total. The van der Waals surface area contributed by atoms with Gasteiger partial charge >= 0.3 is 6.55 Å². The Morgan fingerprint density at radius 3 is 2.61 bits per heavy atom. The van der Waals surface area contributed by atoms with E-state index >= 15 is 0 Å². The van der Waals surface area contributed by atoms with E-state index in [1.54, 1.807) is 0 Å². The Morgan fingerprint density at radius 2 is 1.96 bits per heavy atom. The molecule has 1 amide bonds. The summed E-state index contributed by atoms with van der Waals surface area (Å²) in [5.74, 6) is 0.624. The number of hydrogen-bond donors (Lipinski definition) is 0. The molecule has 2 aliphatic heterocycles. The van der Waals surface area contributed by atoms with Gasteiger partial charge in [-0.15, -0.1) is 0 Å². The highest BCUT2D eigenvalue weighted by Crippen LogP contribution is 2.22. The first-order chi connectivity index (χ1) is 11.1. The number of amides is 1. The summed E-state index contributed by atoms with van der Waals surface area (Å²) >= 11 is 0. The van der Waals surface area contributed by atoms with E-state index in [1.807, 2.05) is 4.90 Å². The van der Waals surface area contributed by atoms with Gasteiger partial charge in [-0.25, -0.2) is 4.98 Å². The van der Waals surface area contributed by atoms with Gasteiger partial charge in [0.05, 0.1) is 19.8 Å². The number of piperidine rings is 1. The van der Waals surface area contributed by atoms with Crippen LogP contribution in [0.2, 0.25) is 0 Å². The predicted molar refractivity (Wildman–Crippen MR) is 78.9 cm³/mol. The third-order valence-corrected chi connectivity index (χ3v) is 4.58. The number of halogens is 2. The van der Waals surface area contributed by atoms with Crippen molar-refractivity contribution >= 4 is 5.91 Å². The summed E-state index contributed by atoms with van der Waals surface area (Å²) < 4.78 is 31.8. The van der Waals surface area contributed by atoms with Crippen molar-refractivity contribution in [3.05, 3.63) is 18.2 Å². The van der Waals surface area contributed by atoms with E-state index in [0.717, 1.165) is 30.5 Å². The average molecular weight is 328 g/mol. The number of carbonyl (C=O) groups is 1. The van der Waals surface area contributed by atoms with Crippen LogP contribution in [0.5, 0.6) is 0 Å². The predicted octanol–water partition coefficient (Wildman–Crippen LogP) is 1.35. The molecule has 2 saturated heterocycles. The number of imidazole rings is 1. The van der Waals surface area contributed by atoms with Crippen molar-refractivity contribution in [1.82, 2.24) is 19.4 Å². The third kappa shape index (κ3) is 3.87. The van der Waals surface area contributed by atoms with E-state index < -0.39 is 6.55 Å². The molecule has 0 radical (unpaired) electrons. The zero-order valence-electron chi connectivity index (χ0n) is 13.0. The molecule has 1 aromatic heterocycles. The summed E-state index contributed by atoms with van der Waals surface area (Å²) in [4.78, 5) is 20.4. The van der Waals surface area contributed by atoms with Crippen LogP contribution in [-0.4, -0.2) is 64.7 Å². The summed E-state index contributed by atoms with van der Waals surface area (Å²) in [7, 11) is 0. The molecule has 0 atom stereocenters. The smallest absolute Gasteiger partial charge is 0.319 e. The molecule has 23 heavy (non-hydrogen) atoms. The minimum absolute atomic E-state index is 0.0409. The monoisotopic (exact) mass is 328 g/mol. The zero-order valence-corrected chi connectivity index (χ0v) is 13.0. The largest absolute Gasteiger partial charge is 0.378 e. The third-order valence-electron chi connectivity index (χ3n) is 4.58. The molecule has 0 N–H and O–H groups in total. The molecule has 0 unspecified atom stereocenters. The van der Waals surface area contributed by atoms with Gasteiger partial charge in [-0.1, -0.05) is 0 Å². The number of rotatable bonds is 4. The van der Waals surface area contributed by atoms with E-state index in [9.17, 15) is 13.6 Å². The van der Waals surface area contributed by atoms with Crippen molar-refractivity contribution in [3.8, 4) is 0 Å². The van der Waals surface area contributed by atoms with E-state index in [-0.39, 0.29) is 11.8 Å². The summed E-state index contributed by atoms with van der Waals surface area (Å²) in [6, 6.07) is 0. The Kier molecular flexibility index (Phi) is 5.22. The van der Waals surface area contributed by atoms with Gasteiger partial charge in [-0.05, 0) is 25.9 Å². The fourth-order valence-corrected chi connectivity index (χ4v) is 3.22. The van der Waals surface area contributed by atoms with Gasteiger partial charge < -0.3 is 9.64 Å². The second kappa shape index (κ2) is 7.35. The summed E-state index contributed by atoms with van der Waals surface area (Å²) in [5.41, 5.74) is 0. The van der Waals surface area contributed by atoms with Crippen molar-refractivity contribution in [2.45, 2.75) is 25.9 Å². The number of alkyl halides is 2. The second-order valence-electron chi connectivity index (χ2n) is 6.02. The molecule has 128 valence electrons. The number of ether oxygens (including phenoxy) is 1. The Morgan fingerprint density at radius 1 is 1.26 bits per heavy atom. The Balaban J connectivity index is 1.50. The summed E-state index contributed by atoms with van der Waals surface area (Å²) in [6.45, 7) is 1.87. The molecule has 8 heteroatoms. The van der Waals surface area contributed by atoms with Crippen molar-refractivity contribution < 1.29 is 18.3 Å². The van der Waals surface area contributed by atoms with E-state index in [4.69, 9.17) is 4.74 Å². The molecule has 3 heterocycles. The first-order valence-corrected chi connectivity index (χ1v) is 8.04. The van der Waals surface area contributed by atoms with Gasteiger partial charge in [0.15, 0.2) is 0 Å². The lowest BCUT2D eigenvalue weighted by molar-refractivity contribution is -0.141. The standard InChI is InChI=1S/C15H22F2N4O2/c16-15(17)21-6-3-18-13(21)11-19-4-1-12(2-5-19)14(22)20-7-9-23-10-8-20/h3,6,12,15H,1-2,4-5,7-11H2. The number of morpholine rings is 1. The molecule has 0 aromatic carbocycles. The van der Waals surface area contributed by atoms with Crippen LogP contribution >= 0.6 is 0 Å². The molecular weight excluding hydrogens is 306 g/mol. The molecular formula is C15H22F2N4O2. The first kappa shape index (κ1) is 16.3. The second-order valence-corrected chi connectivity index (χ2v) is 6.02. The van der Waals surface area contributed by atoms with Gasteiger partial charge in [-0.3, -0.25) is 14.3 Å². The van der Waals surface area contributed by atoms with Crippen LogP contribution < -0.4 is 0 Å². The molecule has 0 saturated carbocycles. The van der Waals surface area contributed by atoms with Crippen LogP contribution in [0.25, 0.3) is 0 Å². The van der Waals surface area contributed by atoms with Crippen LogP contribution in [0.15, 0.2) is 12.4 Å². The molecule has 2 aliphatic rings. The fraction of sp³-hybridized carbons (Fsp3) is 0.733. The van der Waals surface area contributed by atoms with Gasteiger partial charge in [0, 0.05) is 31.4 Å². The molecule has 1 aromatic rings. The average Bonchev–Trinajstić information content (AvgIpc) is 3.04. The van der Waals surface area contributed by atoms with Gasteiger partial charge in [0.2, 0.25) is 5.91 Å². The fourth-order valence-electron chi connectivity index (χ4n) is 3.22.